The van der Waals surface area contributed by atoms with E-state index in [0.29, 0.717) is 11.1 Å². The lowest BCUT2D eigenvalue weighted by molar-refractivity contribution is 0.0815. The fourth-order valence-corrected chi connectivity index (χ4v) is 1.27. The van der Waals surface area contributed by atoms with E-state index in [1.807, 2.05) is 0 Å². The van der Waals surface area contributed by atoms with Crippen molar-refractivity contribution in [2.75, 3.05) is 6.61 Å². The van der Waals surface area contributed by atoms with Gasteiger partial charge in [-0.25, -0.2) is 9.36 Å². The maximum Gasteiger partial charge on any atom is 0.426 e. The van der Waals surface area contributed by atoms with Crippen LogP contribution in [0.4, 0.5) is 0 Å². The molecule has 5 nitrogen and oxygen atoms in total. The molecule has 1 aromatic carbocycles. The zero-order valence-corrected chi connectivity index (χ0v) is 7.14. The van der Waals surface area contributed by atoms with Gasteiger partial charge in [-0.15, -0.1) is 0 Å². The molecule has 2 rings (SSSR count). The molecule has 0 atom stereocenters. The van der Waals surface area contributed by atoms with E-state index >= 15 is 0 Å². The van der Waals surface area contributed by atoms with Crippen molar-refractivity contribution in [2.45, 2.75) is 0 Å². The van der Waals surface area contributed by atoms with Crippen molar-refractivity contribution in [3.63, 3.8) is 0 Å². The predicted octanol–water partition coefficient (Wildman–Crippen LogP) is 0.227. The molecule has 0 radical (unpaired) electrons. The highest BCUT2D eigenvalue weighted by atomic mass is 16.4. The summed E-state index contributed by atoms with van der Waals surface area (Å²) in [5, 5.41) is 8.64. The molecule has 0 spiro atoms. The van der Waals surface area contributed by atoms with Crippen LogP contribution in [0.25, 0.3) is 11.1 Å². The van der Waals surface area contributed by atoms with Crippen LogP contribution in [0.2, 0.25) is 0 Å². The van der Waals surface area contributed by atoms with E-state index < -0.39 is 18.3 Å². The number of hydrogen-bond donors (Lipinski definition) is 1. The van der Waals surface area contributed by atoms with Crippen molar-refractivity contribution in [3.05, 3.63) is 34.8 Å². The maximum absolute atomic E-state index is 11.2. The second-order valence-electron chi connectivity index (χ2n) is 2.72. The molecule has 2 aromatic rings. The minimum absolute atomic E-state index is 0.333. The molecule has 0 bridgehead atoms. The Morgan fingerprint density at radius 1 is 1.43 bits per heavy atom. The number of nitrogens with zero attached hydrogens (tertiary/aromatic N) is 1. The lowest BCUT2D eigenvalue weighted by atomic mass is 10.3. The number of oxazole rings is 1. The SMILES string of the molecule is O=C(CO)n1c(=O)oc2ccccc21. The molecule has 1 N–H and O–H groups in total. The van der Waals surface area contributed by atoms with Gasteiger partial charge < -0.3 is 9.52 Å². The van der Waals surface area contributed by atoms with Crippen LogP contribution in [0.5, 0.6) is 0 Å². The number of hydrogen-bond acceptors (Lipinski definition) is 4. The summed E-state index contributed by atoms with van der Waals surface area (Å²) in [6, 6.07) is 6.53. The highest BCUT2D eigenvalue weighted by Gasteiger charge is 2.13. The summed E-state index contributed by atoms with van der Waals surface area (Å²) in [7, 11) is 0. The van der Waals surface area contributed by atoms with Gasteiger partial charge in [-0.2, -0.15) is 0 Å². The molecule has 5 heteroatoms. The van der Waals surface area contributed by atoms with Crippen LogP contribution >= 0.6 is 0 Å². The summed E-state index contributed by atoms with van der Waals surface area (Å²) in [5.74, 6) is -1.47. The van der Waals surface area contributed by atoms with E-state index in [4.69, 9.17) is 9.52 Å². The average molecular weight is 193 g/mol. The number of para-hydroxylation sites is 2. The highest BCUT2D eigenvalue weighted by Crippen LogP contribution is 2.10. The topological polar surface area (TPSA) is 72.4 Å². The Morgan fingerprint density at radius 3 is 2.86 bits per heavy atom. The van der Waals surface area contributed by atoms with Crippen molar-refractivity contribution in [3.8, 4) is 0 Å². The number of aliphatic hydroxyl groups excluding tert-OH is 1. The van der Waals surface area contributed by atoms with E-state index in [9.17, 15) is 9.59 Å². The third-order valence-electron chi connectivity index (χ3n) is 1.87. The first kappa shape index (κ1) is 8.71. The standard InChI is InChI=1S/C9H7NO4/c11-5-8(12)10-6-3-1-2-4-7(6)14-9(10)13/h1-4,11H,5H2. The number of rotatable bonds is 1. The highest BCUT2D eigenvalue weighted by molar-refractivity contribution is 5.89. The van der Waals surface area contributed by atoms with Crippen molar-refractivity contribution < 1.29 is 14.3 Å². The molecule has 0 fully saturated rings. The van der Waals surface area contributed by atoms with Crippen LogP contribution in [0, 0.1) is 0 Å². The van der Waals surface area contributed by atoms with Gasteiger partial charge in [0.15, 0.2) is 5.58 Å². The number of benzene rings is 1. The van der Waals surface area contributed by atoms with E-state index in [-0.39, 0.29) is 0 Å². The molecule has 1 heterocycles. The fraction of sp³-hybridized carbons (Fsp3) is 0.111. The van der Waals surface area contributed by atoms with Crippen molar-refractivity contribution in [1.82, 2.24) is 4.57 Å². The average Bonchev–Trinajstić information content (AvgIpc) is 2.53. The molecule has 0 saturated heterocycles. The van der Waals surface area contributed by atoms with Gasteiger partial charge in [0.25, 0.3) is 5.91 Å². The Morgan fingerprint density at radius 2 is 2.14 bits per heavy atom. The van der Waals surface area contributed by atoms with Gasteiger partial charge in [-0.3, -0.25) is 4.79 Å². The molecule has 1 aromatic heterocycles. The smallest absolute Gasteiger partial charge is 0.407 e. The Balaban J connectivity index is 2.81. The summed E-state index contributed by atoms with van der Waals surface area (Å²) in [4.78, 5) is 22.4. The van der Waals surface area contributed by atoms with E-state index in [2.05, 4.69) is 0 Å². The third kappa shape index (κ3) is 1.14. The van der Waals surface area contributed by atoms with Gasteiger partial charge >= 0.3 is 5.76 Å². The van der Waals surface area contributed by atoms with Gasteiger partial charge in [0.1, 0.15) is 6.61 Å². The quantitative estimate of drug-likeness (QED) is 0.703. The summed E-state index contributed by atoms with van der Waals surface area (Å²) < 4.78 is 5.61. The van der Waals surface area contributed by atoms with Crippen LogP contribution < -0.4 is 5.76 Å². The Hall–Kier alpha value is -1.88. The Bertz CT molecular complexity index is 537. The predicted molar refractivity (Wildman–Crippen MR) is 48.2 cm³/mol. The molecule has 0 saturated carbocycles. The minimum atomic E-state index is -0.773. The normalized spacial score (nSPS) is 10.6. The van der Waals surface area contributed by atoms with Gasteiger partial charge in [0.2, 0.25) is 0 Å². The first-order valence-electron chi connectivity index (χ1n) is 3.98. The molecule has 14 heavy (non-hydrogen) atoms. The number of carbonyl (C=O) groups is 1. The lowest BCUT2D eigenvalue weighted by Crippen LogP contribution is -2.24. The van der Waals surface area contributed by atoms with Gasteiger partial charge in [0, 0.05) is 0 Å². The molecule has 72 valence electrons. The molecule has 0 aliphatic rings. The summed E-state index contributed by atoms with van der Waals surface area (Å²) >= 11 is 0. The maximum atomic E-state index is 11.2. The number of fused-ring (bicyclic) bond motifs is 1. The largest absolute Gasteiger partial charge is 0.426 e. The van der Waals surface area contributed by atoms with Crippen LogP contribution in [0.1, 0.15) is 4.79 Å². The van der Waals surface area contributed by atoms with E-state index in [1.54, 1.807) is 24.3 Å². The summed E-state index contributed by atoms with van der Waals surface area (Å²) in [5.41, 5.74) is 0.704. The van der Waals surface area contributed by atoms with Gasteiger partial charge in [-0.05, 0) is 12.1 Å². The zero-order valence-electron chi connectivity index (χ0n) is 7.14. The molecular formula is C9H7NO4. The van der Waals surface area contributed by atoms with Crippen molar-refractivity contribution >= 4 is 17.0 Å². The summed E-state index contributed by atoms with van der Waals surface area (Å²) in [6.07, 6.45) is 0. The van der Waals surface area contributed by atoms with E-state index in [1.165, 1.54) is 0 Å². The molecule has 0 aliphatic carbocycles. The van der Waals surface area contributed by atoms with Crippen molar-refractivity contribution in [1.29, 1.82) is 0 Å². The number of carbonyl (C=O) groups excluding carboxylic acids is 1. The second kappa shape index (κ2) is 3.12. The van der Waals surface area contributed by atoms with Crippen LogP contribution in [0.15, 0.2) is 33.5 Å². The third-order valence-corrected chi connectivity index (χ3v) is 1.87. The van der Waals surface area contributed by atoms with Crippen LogP contribution in [0.3, 0.4) is 0 Å². The first-order valence-corrected chi connectivity index (χ1v) is 3.98. The molecule has 0 amide bonds. The molecule has 0 aliphatic heterocycles. The molecule has 0 unspecified atom stereocenters. The number of aliphatic hydroxyl groups is 1. The lowest BCUT2D eigenvalue weighted by Gasteiger charge is -1.95. The zero-order chi connectivity index (χ0) is 10.1. The van der Waals surface area contributed by atoms with Gasteiger partial charge in [0.05, 0.1) is 5.52 Å². The first-order chi connectivity index (χ1) is 6.74. The Labute approximate surface area is 78.2 Å². The monoisotopic (exact) mass is 193 g/mol. The van der Waals surface area contributed by atoms with Crippen LogP contribution in [-0.2, 0) is 0 Å². The Kier molecular flexibility index (Phi) is 1.94. The number of aromatic nitrogens is 1. The van der Waals surface area contributed by atoms with Crippen molar-refractivity contribution in [2.24, 2.45) is 0 Å². The summed E-state index contributed by atoms with van der Waals surface area (Å²) in [6.45, 7) is -0.719. The molecular weight excluding hydrogens is 186 g/mol. The van der Waals surface area contributed by atoms with Crippen LogP contribution in [-0.4, -0.2) is 22.2 Å². The second-order valence-corrected chi connectivity index (χ2v) is 2.72. The van der Waals surface area contributed by atoms with E-state index in [0.717, 1.165) is 4.57 Å². The fourth-order valence-electron chi connectivity index (χ4n) is 1.27. The minimum Gasteiger partial charge on any atom is -0.407 e. The van der Waals surface area contributed by atoms with Gasteiger partial charge in [-0.1, -0.05) is 12.1 Å².